The van der Waals surface area contributed by atoms with Crippen molar-refractivity contribution in [3.05, 3.63) is 53.7 Å². The van der Waals surface area contributed by atoms with Crippen molar-refractivity contribution in [3.63, 3.8) is 0 Å². The molecular formula is C21H19NO3. The molecule has 0 saturated carbocycles. The van der Waals surface area contributed by atoms with E-state index in [-0.39, 0.29) is 12.4 Å². The Kier molecular flexibility index (Phi) is 4.49. The summed E-state index contributed by atoms with van der Waals surface area (Å²) in [5.41, 5.74) is 3.49. The standard InChI is InChI=1S/C21H19NO3/c1-5-12-25-18-10-11-20-19(13-18)21(15(3)23)14(2)22(20)16-6-8-17(24-4)9-7-16/h1,6-11,13H,12H2,2-4H3. The average Bonchev–Trinajstić information content (AvgIpc) is 2.91. The Morgan fingerprint density at radius 3 is 2.44 bits per heavy atom. The van der Waals surface area contributed by atoms with E-state index >= 15 is 0 Å². The fourth-order valence-electron chi connectivity index (χ4n) is 3.12. The van der Waals surface area contributed by atoms with E-state index in [9.17, 15) is 4.79 Å². The molecule has 0 atom stereocenters. The van der Waals surface area contributed by atoms with Gasteiger partial charge in [0.05, 0.1) is 12.6 Å². The second-order valence-electron chi connectivity index (χ2n) is 5.72. The first-order chi connectivity index (χ1) is 12.1. The summed E-state index contributed by atoms with van der Waals surface area (Å²) >= 11 is 0. The van der Waals surface area contributed by atoms with Gasteiger partial charge in [0, 0.05) is 22.3 Å². The van der Waals surface area contributed by atoms with Crippen LogP contribution in [0.25, 0.3) is 16.6 Å². The molecule has 0 N–H and O–H groups in total. The van der Waals surface area contributed by atoms with Crippen LogP contribution in [0.3, 0.4) is 0 Å². The van der Waals surface area contributed by atoms with E-state index in [0.717, 1.165) is 28.0 Å². The Morgan fingerprint density at radius 2 is 1.84 bits per heavy atom. The van der Waals surface area contributed by atoms with Crippen molar-refractivity contribution in [2.75, 3.05) is 13.7 Å². The number of Topliss-reactive ketones (excluding diaryl/α,β-unsaturated/α-hetero) is 1. The number of benzene rings is 2. The normalized spacial score (nSPS) is 10.5. The lowest BCUT2D eigenvalue weighted by molar-refractivity contribution is 0.101. The van der Waals surface area contributed by atoms with Crippen LogP contribution in [0.5, 0.6) is 11.5 Å². The smallest absolute Gasteiger partial charge is 0.162 e. The Labute approximate surface area is 147 Å². The van der Waals surface area contributed by atoms with E-state index in [1.54, 1.807) is 14.0 Å². The van der Waals surface area contributed by atoms with Gasteiger partial charge in [0.2, 0.25) is 0 Å². The summed E-state index contributed by atoms with van der Waals surface area (Å²) in [6.07, 6.45) is 5.25. The van der Waals surface area contributed by atoms with Gasteiger partial charge in [-0.3, -0.25) is 4.79 Å². The van der Waals surface area contributed by atoms with E-state index in [4.69, 9.17) is 15.9 Å². The minimum absolute atomic E-state index is 0.0175. The molecule has 3 aromatic rings. The highest BCUT2D eigenvalue weighted by Gasteiger charge is 2.19. The van der Waals surface area contributed by atoms with Gasteiger partial charge in [0.25, 0.3) is 0 Å². The van der Waals surface area contributed by atoms with Gasteiger partial charge in [0.15, 0.2) is 5.78 Å². The topological polar surface area (TPSA) is 40.5 Å². The molecule has 2 aromatic carbocycles. The van der Waals surface area contributed by atoms with Gasteiger partial charge in [0.1, 0.15) is 18.1 Å². The molecule has 1 heterocycles. The summed E-state index contributed by atoms with van der Waals surface area (Å²) in [5, 5.41) is 0.857. The van der Waals surface area contributed by atoms with Crippen LogP contribution in [-0.4, -0.2) is 24.1 Å². The number of ether oxygens (including phenoxy) is 2. The Morgan fingerprint density at radius 1 is 1.16 bits per heavy atom. The molecule has 0 aliphatic heterocycles. The molecule has 0 radical (unpaired) electrons. The predicted octanol–water partition coefficient (Wildman–Crippen LogP) is 4.16. The summed E-state index contributed by atoms with van der Waals surface area (Å²) in [6.45, 7) is 3.72. The minimum Gasteiger partial charge on any atom is -0.497 e. The number of carbonyl (C=O) groups is 1. The molecule has 0 aliphatic rings. The molecule has 0 amide bonds. The highest BCUT2D eigenvalue weighted by molar-refractivity contribution is 6.09. The average molecular weight is 333 g/mol. The lowest BCUT2D eigenvalue weighted by Gasteiger charge is -2.10. The first kappa shape index (κ1) is 16.7. The van der Waals surface area contributed by atoms with Crippen molar-refractivity contribution in [3.8, 4) is 29.5 Å². The van der Waals surface area contributed by atoms with E-state index < -0.39 is 0 Å². The third kappa shape index (κ3) is 2.97. The number of nitrogens with zero attached hydrogens (tertiary/aromatic N) is 1. The highest BCUT2D eigenvalue weighted by Crippen LogP contribution is 2.32. The van der Waals surface area contributed by atoms with Gasteiger partial charge >= 0.3 is 0 Å². The van der Waals surface area contributed by atoms with Crippen LogP contribution in [0.1, 0.15) is 23.0 Å². The summed E-state index contributed by atoms with van der Waals surface area (Å²) < 4.78 is 12.8. The molecule has 0 fully saturated rings. The largest absolute Gasteiger partial charge is 0.497 e. The number of carbonyl (C=O) groups excluding carboxylic acids is 1. The molecule has 0 spiro atoms. The van der Waals surface area contributed by atoms with Crippen molar-refractivity contribution >= 4 is 16.7 Å². The van der Waals surface area contributed by atoms with Crippen molar-refractivity contribution in [1.29, 1.82) is 0 Å². The summed E-state index contributed by atoms with van der Waals surface area (Å²) in [6, 6.07) is 13.4. The second-order valence-corrected chi connectivity index (χ2v) is 5.72. The molecule has 126 valence electrons. The van der Waals surface area contributed by atoms with Crippen molar-refractivity contribution in [2.24, 2.45) is 0 Å². The van der Waals surface area contributed by atoms with Gasteiger partial charge in [-0.25, -0.2) is 0 Å². The third-order valence-electron chi connectivity index (χ3n) is 4.18. The van der Waals surface area contributed by atoms with Crippen LogP contribution in [0, 0.1) is 19.3 Å². The highest BCUT2D eigenvalue weighted by atomic mass is 16.5. The monoisotopic (exact) mass is 333 g/mol. The molecule has 0 saturated heterocycles. The van der Waals surface area contributed by atoms with Gasteiger partial charge in [-0.05, 0) is 56.3 Å². The second kappa shape index (κ2) is 6.74. The summed E-state index contributed by atoms with van der Waals surface area (Å²) in [7, 11) is 1.64. The third-order valence-corrected chi connectivity index (χ3v) is 4.18. The predicted molar refractivity (Wildman–Crippen MR) is 98.9 cm³/mol. The maximum absolute atomic E-state index is 12.2. The first-order valence-corrected chi connectivity index (χ1v) is 7.93. The number of methoxy groups -OCH3 is 1. The van der Waals surface area contributed by atoms with E-state index in [1.165, 1.54) is 0 Å². The lowest BCUT2D eigenvalue weighted by Crippen LogP contribution is -1.99. The molecular weight excluding hydrogens is 314 g/mol. The fraction of sp³-hybridized carbons (Fsp3) is 0.190. The van der Waals surface area contributed by atoms with E-state index in [0.29, 0.717) is 11.3 Å². The molecule has 4 heteroatoms. The first-order valence-electron chi connectivity index (χ1n) is 7.93. The van der Waals surface area contributed by atoms with E-state index in [1.807, 2.05) is 49.4 Å². The van der Waals surface area contributed by atoms with Crippen molar-refractivity contribution < 1.29 is 14.3 Å². The minimum atomic E-state index is 0.0175. The zero-order valence-electron chi connectivity index (χ0n) is 14.5. The number of hydrogen-bond donors (Lipinski definition) is 0. The number of ketones is 1. The Bertz CT molecular complexity index is 975. The van der Waals surface area contributed by atoms with E-state index in [2.05, 4.69) is 10.5 Å². The van der Waals surface area contributed by atoms with Crippen molar-refractivity contribution in [2.45, 2.75) is 13.8 Å². The van der Waals surface area contributed by atoms with Gasteiger partial charge in [-0.15, -0.1) is 6.42 Å². The van der Waals surface area contributed by atoms with Crippen LogP contribution in [0.15, 0.2) is 42.5 Å². The van der Waals surface area contributed by atoms with Gasteiger partial charge < -0.3 is 14.0 Å². The molecule has 0 unspecified atom stereocenters. The number of fused-ring (bicyclic) bond motifs is 1. The zero-order valence-corrected chi connectivity index (χ0v) is 14.5. The molecule has 25 heavy (non-hydrogen) atoms. The SMILES string of the molecule is C#CCOc1ccc2c(c1)c(C(C)=O)c(C)n2-c1ccc(OC)cc1. The summed E-state index contributed by atoms with van der Waals surface area (Å²) in [5.74, 6) is 3.91. The quantitative estimate of drug-likeness (QED) is 0.520. The molecule has 3 rings (SSSR count). The molecule has 4 nitrogen and oxygen atoms in total. The van der Waals surface area contributed by atoms with Gasteiger partial charge in [-0.2, -0.15) is 0 Å². The number of terminal acetylenes is 1. The van der Waals surface area contributed by atoms with Crippen LogP contribution < -0.4 is 9.47 Å². The lowest BCUT2D eigenvalue weighted by atomic mass is 10.1. The van der Waals surface area contributed by atoms with Crippen molar-refractivity contribution in [1.82, 2.24) is 4.57 Å². The van der Waals surface area contributed by atoms with Crippen LogP contribution in [0.4, 0.5) is 0 Å². The van der Waals surface area contributed by atoms with Crippen LogP contribution in [-0.2, 0) is 0 Å². The van der Waals surface area contributed by atoms with Crippen LogP contribution >= 0.6 is 0 Å². The molecule has 0 bridgehead atoms. The van der Waals surface area contributed by atoms with Gasteiger partial charge in [-0.1, -0.05) is 5.92 Å². The maximum atomic E-state index is 12.2. The Balaban J connectivity index is 2.23. The zero-order chi connectivity index (χ0) is 18.0. The summed E-state index contributed by atoms with van der Waals surface area (Å²) in [4.78, 5) is 12.2. The van der Waals surface area contributed by atoms with Crippen LogP contribution in [0.2, 0.25) is 0 Å². The Hall–Kier alpha value is -3.19. The molecule has 0 aliphatic carbocycles. The fourth-order valence-corrected chi connectivity index (χ4v) is 3.12. The number of hydrogen-bond acceptors (Lipinski definition) is 3. The number of aromatic nitrogens is 1. The number of rotatable bonds is 5. The maximum Gasteiger partial charge on any atom is 0.162 e. The molecule has 1 aromatic heterocycles.